The SMILES string of the molecule is O=c1[nH]c2c(NCCN3CCOCC3)ncnc2n2cc(-c3ccccc3)nc12. The van der Waals surface area contributed by atoms with Gasteiger partial charge in [0, 0.05) is 37.9 Å². The fourth-order valence-corrected chi connectivity index (χ4v) is 3.58. The summed E-state index contributed by atoms with van der Waals surface area (Å²) in [7, 11) is 0. The fourth-order valence-electron chi connectivity index (χ4n) is 3.58. The molecule has 1 aliphatic rings. The first kappa shape index (κ1) is 17.8. The lowest BCUT2D eigenvalue weighted by atomic mass is 10.2. The first-order valence-electron chi connectivity index (χ1n) is 9.65. The van der Waals surface area contributed by atoms with Crippen molar-refractivity contribution in [3.8, 4) is 11.3 Å². The van der Waals surface area contributed by atoms with Gasteiger partial charge in [0.25, 0.3) is 5.56 Å². The molecule has 4 heterocycles. The van der Waals surface area contributed by atoms with Gasteiger partial charge in [-0.1, -0.05) is 30.3 Å². The molecule has 9 nitrogen and oxygen atoms in total. The summed E-state index contributed by atoms with van der Waals surface area (Å²) in [6, 6.07) is 9.77. The molecule has 2 N–H and O–H groups in total. The van der Waals surface area contributed by atoms with Crippen LogP contribution in [0.2, 0.25) is 0 Å². The number of fused-ring (bicyclic) bond motifs is 3. The van der Waals surface area contributed by atoms with Crippen molar-refractivity contribution in [3.63, 3.8) is 0 Å². The highest BCUT2D eigenvalue weighted by atomic mass is 16.5. The maximum Gasteiger partial charge on any atom is 0.292 e. The molecule has 1 saturated heterocycles. The van der Waals surface area contributed by atoms with Crippen LogP contribution in [-0.2, 0) is 4.74 Å². The molecule has 29 heavy (non-hydrogen) atoms. The normalized spacial score (nSPS) is 15.2. The van der Waals surface area contributed by atoms with Gasteiger partial charge in [-0.15, -0.1) is 0 Å². The smallest absolute Gasteiger partial charge is 0.292 e. The summed E-state index contributed by atoms with van der Waals surface area (Å²) in [5.74, 6) is 0.609. The first-order chi connectivity index (χ1) is 14.3. The second-order valence-corrected chi connectivity index (χ2v) is 6.94. The molecule has 0 amide bonds. The number of morpholine rings is 1. The summed E-state index contributed by atoms with van der Waals surface area (Å²) in [4.78, 5) is 31.1. The Balaban J connectivity index is 1.48. The molecule has 0 aliphatic carbocycles. The molecule has 0 atom stereocenters. The average Bonchev–Trinajstić information content (AvgIpc) is 3.22. The van der Waals surface area contributed by atoms with Crippen LogP contribution in [-0.4, -0.2) is 68.6 Å². The molecule has 0 spiro atoms. The molecule has 0 radical (unpaired) electrons. The Labute approximate surface area is 166 Å². The van der Waals surface area contributed by atoms with E-state index in [9.17, 15) is 4.79 Å². The third-order valence-corrected chi connectivity index (χ3v) is 5.10. The molecular formula is C20H21N7O2. The third-order valence-electron chi connectivity index (χ3n) is 5.10. The zero-order valence-corrected chi connectivity index (χ0v) is 15.8. The van der Waals surface area contributed by atoms with Crippen molar-refractivity contribution in [2.75, 3.05) is 44.7 Å². The monoisotopic (exact) mass is 391 g/mol. The standard InChI is InChI=1S/C20H21N7O2/c28-20-19-24-15(14-4-2-1-3-5-14)12-27(19)18-16(25-20)17(22-13-23-18)21-6-7-26-8-10-29-11-9-26/h1-5,12-13H,6-11H2,(H,25,28)(H,21,22,23). The largest absolute Gasteiger partial charge is 0.379 e. The van der Waals surface area contributed by atoms with E-state index in [1.54, 1.807) is 4.40 Å². The number of hydrogen-bond acceptors (Lipinski definition) is 7. The molecule has 0 bridgehead atoms. The van der Waals surface area contributed by atoms with E-state index in [1.807, 2.05) is 36.5 Å². The van der Waals surface area contributed by atoms with Gasteiger partial charge in [-0.05, 0) is 0 Å². The van der Waals surface area contributed by atoms with Crippen molar-refractivity contribution in [1.82, 2.24) is 29.2 Å². The van der Waals surface area contributed by atoms with Crippen molar-refractivity contribution in [1.29, 1.82) is 0 Å². The van der Waals surface area contributed by atoms with Crippen LogP contribution in [0.5, 0.6) is 0 Å². The van der Waals surface area contributed by atoms with Gasteiger partial charge < -0.3 is 15.0 Å². The predicted octanol–water partition coefficient (Wildman–Crippen LogP) is 1.38. The van der Waals surface area contributed by atoms with Crippen LogP contribution >= 0.6 is 0 Å². The molecule has 0 saturated carbocycles. The number of imidazole rings is 1. The second kappa shape index (κ2) is 7.61. The van der Waals surface area contributed by atoms with E-state index in [1.165, 1.54) is 6.33 Å². The summed E-state index contributed by atoms with van der Waals surface area (Å²) in [5, 5.41) is 3.33. The lowest BCUT2D eigenvalue weighted by Gasteiger charge is -2.26. The Morgan fingerprint density at radius 1 is 1.10 bits per heavy atom. The summed E-state index contributed by atoms with van der Waals surface area (Å²) >= 11 is 0. The van der Waals surface area contributed by atoms with E-state index in [0.717, 1.165) is 44.1 Å². The van der Waals surface area contributed by atoms with Gasteiger partial charge in [-0.3, -0.25) is 14.1 Å². The van der Waals surface area contributed by atoms with Gasteiger partial charge in [-0.2, -0.15) is 0 Å². The van der Waals surface area contributed by atoms with E-state index >= 15 is 0 Å². The van der Waals surface area contributed by atoms with Gasteiger partial charge in [0.1, 0.15) is 11.8 Å². The third kappa shape index (κ3) is 3.45. The van der Waals surface area contributed by atoms with E-state index in [2.05, 4.69) is 30.2 Å². The van der Waals surface area contributed by atoms with Crippen molar-refractivity contribution in [2.24, 2.45) is 0 Å². The van der Waals surface area contributed by atoms with Gasteiger partial charge in [-0.25, -0.2) is 15.0 Å². The lowest BCUT2D eigenvalue weighted by Crippen LogP contribution is -2.39. The highest BCUT2D eigenvalue weighted by molar-refractivity contribution is 5.84. The number of nitrogens with one attached hydrogen (secondary N) is 2. The van der Waals surface area contributed by atoms with E-state index in [4.69, 9.17) is 4.74 Å². The van der Waals surface area contributed by atoms with E-state index < -0.39 is 0 Å². The Morgan fingerprint density at radius 2 is 1.93 bits per heavy atom. The van der Waals surface area contributed by atoms with Gasteiger partial charge >= 0.3 is 0 Å². The molecule has 1 fully saturated rings. The van der Waals surface area contributed by atoms with Gasteiger partial charge in [0.05, 0.1) is 18.9 Å². The molecule has 148 valence electrons. The number of nitrogens with zero attached hydrogens (tertiary/aromatic N) is 5. The van der Waals surface area contributed by atoms with Crippen molar-refractivity contribution in [3.05, 3.63) is 53.2 Å². The second-order valence-electron chi connectivity index (χ2n) is 6.94. The number of rotatable bonds is 5. The van der Waals surface area contributed by atoms with Crippen molar-refractivity contribution < 1.29 is 4.74 Å². The first-order valence-corrected chi connectivity index (χ1v) is 9.65. The molecule has 0 unspecified atom stereocenters. The van der Waals surface area contributed by atoms with Crippen LogP contribution in [0, 0.1) is 0 Å². The zero-order chi connectivity index (χ0) is 19.6. The number of aromatic amines is 1. The minimum atomic E-state index is -0.272. The lowest BCUT2D eigenvalue weighted by molar-refractivity contribution is 0.0398. The average molecular weight is 391 g/mol. The van der Waals surface area contributed by atoms with Gasteiger partial charge in [0.15, 0.2) is 11.5 Å². The molecule has 9 heteroatoms. The van der Waals surface area contributed by atoms with Crippen molar-refractivity contribution >= 4 is 22.6 Å². The van der Waals surface area contributed by atoms with Crippen LogP contribution in [0.4, 0.5) is 5.82 Å². The Bertz CT molecular complexity index is 1200. The number of anilines is 1. The molecule has 3 aromatic heterocycles. The molecule has 4 aromatic rings. The Hall–Kier alpha value is -3.30. The molecular weight excluding hydrogens is 370 g/mol. The molecule has 1 aliphatic heterocycles. The minimum absolute atomic E-state index is 0.272. The summed E-state index contributed by atoms with van der Waals surface area (Å²) in [6.45, 7) is 5.00. The van der Waals surface area contributed by atoms with Crippen LogP contribution in [0.1, 0.15) is 0 Å². The molecule has 1 aromatic carbocycles. The number of benzene rings is 1. The number of H-pyrrole nitrogens is 1. The van der Waals surface area contributed by atoms with E-state index in [-0.39, 0.29) is 5.56 Å². The van der Waals surface area contributed by atoms with Crippen molar-refractivity contribution in [2.45, 2.75) is 0 Å². The number of aromatic nitrogens is 5. The highest BCUT2D eigenvalue weighted by Gasteiger charge is 2.15. The van der Waals surface area contributed by atoms with Crippen LogP contribution in [0.25, 0.3) is 28.1 Å². The van der Waals surface area contributed by atoms with Crippen LogP contribution in [0.3, 0.4) is 0 Å². The fraction of sp³-hybridized carbons (Fsp3) is 0.300. The highest BCUT2D eigenvalue weighted by Crippen LogP contribution is 2.21. The number of hydrogen-bond donors (Lipinski definition) is 2. The topological polar surface area (TPSA) is 100 Å². The summed E-state index contributed by atoms with van der Waals surface area (Å²) in [5.41, 5.74) is 2.90. The van der Waals surface area contributed by atoms with Gasteiger partial charge in [0.2, 0.25) is 5.65 Å². The Kier molecular flexibility index (Phi) is 4.66. The number of ether oxygens (including phenoxy) is 1. The van der Waals surface area contributed by atoms with Crippen LogP contribution < -0.4 is 10.9 Å². The maximum atomic E-state index is 12.7. The Morgan fingerprint density at radius 3 is 2.76 bits per heavy atom. The zero-order valence-electron chi connectivity index (χ0n) is 15.8. The minimum Gasteiger partial charge on any atom is -0.379 e. The quantitative estimate of drug-likeness (QED) is 0.530. The molecule has 5 rings (SSSR count). The van der Waals surface area contributed by atoms with Crippen LogP contribution in [0.15, 0.2) is 47.7 Å². The summed E-state index contributed by atoms with van der Waals surface area (Å²) in [6.07, 6.45) is 3.34. The maximum absolute atomic E-state index is 12.7. The van der Waals surface area contributed by atoms with E-state index in [0.29, 0.717) is 29.2 Å². The summed E-state index contributed by atoms with van der Waals surface area (Å²) < 4.78 is 7.11. The predicted molar refractivity (Wildman–Crippen MR) is 110 cm³/mol.